The molecule has 0 bridgehead atoms. The Kier molecular flexibility index (Phi) is 7.87. The van der Waals surface area contributed by atoms with Gasteiger partial charge in [-0.1, -0.05) is 0 Å². The van der Waals surface area contributed by atoms with Crippen molar-refractivity contribution >= 4 is 23.7 Å². The van der Waals surface area contributed by atoms with Crippen molar-refractivity contribution in [2.75, 3.05) is 31.6 Å². The molecule has 0 unspecified atom stereocenters. The minimum atomic E-state index is -0.552. The number of amides is 2. The van der Waals surface area contributed by atoms with Gasteiger partial charge >= 0.3 is 12.1 Å². The molecule has 1 aliphatic heterocycles. The largest absolute Gasteiger partial charge is 0.494 e. The first kappa shape index (κ1) is 22.5. The van der Waals surface area contributed by atoms with E-state index in [1.807, 2.05) is 27.7 Å². The summed E-state index contributed by atoms with van der Waals surface area (Å²) in [4.78, 5) is 37.9. The van der Waals surface area contributed by atoms with Crippen LogP contribution in [-0.2, 0) is 19.1 Å². The molecule has 1 aliphatic rings. The van der Waals surface area contributed by atoms with Gasteiger partial charge in [0.2, 0.25) is 0 Å². The maximum absolute atomic E-state index is 12.2. The summed E-state index contributed by atoms with van der Waals surface area (Å²) in [5.41, 5.74) is 0.0454. The van der Waals surface area contributed by atoms with Crippen LogP contribution >= 0.6 is 0 Å². The van der Waals surface area contributed by atoms with E-state index >= 15 is 0 Å². The second-order valence-corrected chi connectivity index (χ2v) is 7.85. The molecule has 2 rings (SSSR count). The van der Waals surface area contributed by atoms with Crippen LogP contribution in [0.25, 0.3) is 0 Å². The van der Waals surface area contributed by atoms with Crippen LogP contribution in [0.5, 0.6) is 5.75 Å². The SMILES string of the molecule is CCOc1ccc(NC(=O)COC(=O)C2CCN(C(=O)OC(C)(C)C)CC2)cc1. The Morgan fingerprint density at radius 3 is 2.28 bits per heavy atom. The zero-order valence-corrected chi connectivity index (χ0v) is 17.5. The fraction of sp³-hybridized carbons (Fsp3) is 0.571. The summed E-state index contributed by atoms with van der Waals surface area (Å²) in [6.45, 7) is 8.40. The van der Waals surface area contributed by atoms with Gasteiger partial charge in [-0.2, -0.15) is 0 Å². The van der Waals surface area contributed by atoms with Crippen LogP contribution in [0.3, 0.4) is 0 Å². The van der Waals surface area contributed by atoms with Gasteiger partial charge < -0.3 is 24.4 Å². The highest BCUT2D eigenvalue weighted by Crippen LogP contribution is 2.21. The van der Waals surface area contributed by atoms with E-state index in [1.54, 1.807) is 29.2 Å². The Bertz CT molecular complexity index is 703. The van der Waals surface area contributed by atoms with Gasteiger partial charge in [-0.05, 0) is 64.8 Å². The number of carbonyl (C=O) groups is 3. The number of benzene rings is 1. The van der Waals surface area contributed by atoms with E-state index in [1.165, 1.54) is 0 Å². The van der Waals surface area contributed by atoms with Crippen molar-refractivity contribution in [1.29, 1.82) is 0 Å². The van der Waals surface area contributed by atoms with Crippen LogP contribution in [-0.4, -0.2) is 54.8 Å². The summed E-state index contributed by atoms with van der Waals surface area (Å²) in [5, 5.41) is 2.67. The first-order valence-corrected chi connectivity index (χ1v) is 9.85. The van der Waals surface area contributed by atoms with Gasteiger partial charge in [-0.25, -0.2) is 4.79 Å². The highest BCUT2D eigenvalue weighted by Gasteiger charge is 2.30. The Morgan fingerprint density at radius 1 is 1.10 bits per heavy atom. The van der Waals surface area contributed by atoms with E-state index in [0.29, 0.717) is 38.2 Å². The molecule has 1 saturated heterocycles. The van der Waals surface area contributed by atoms with Gasteiger partial charge in [0.25, 0.3) is 5.91 Å². The molecule has 1 aromatic rings. The maximum Gasteiger partial charge on any atom is 0.410 e. The first-order chi connectivity index (χ1) is 13.7. The summed E-state index contributed by atoms with van der Waals surface area (Å²) in [5.74, 6) is -0.439. The van der Waals surface area contributed by atoms with Crippen molar-refractivity contribution in [2.45, 2.75) is 46.1 Å². The van der Waals surface area contributed by atoms with E-state index < -0.39 is 17.5 Å². The second-order valence-electron chi connectivity index (χ2n) is 7.85. The third-order valence-electron chi connectivity index (χ3n) is 4.27. The lowest BCUT2D eigenvalue weighted by Crippen LogP contribution is -2.43. The van der Waals surface area contributed by atoms with Crippen LogP contribution in [0.2, 0.25) is 0 Å². The summed E-state index contributed by atoms with van der Waals surface area (Å²) >= 11 is 0. The van der Waals surface area contributed by atoms with Crippen molar-refractivity contribution in [3.8, 4) is 5.75 Å². The number of hydrogen-bond donors (Lipinski definition) is 1. The lowest BCUT2D eigenvalue weighted by molar-refractivity contribution is -0.153. The molecule has 8 nitrogen and oxygen atoms in total. The zero-order valence-electron chi connectivity index (χ0n) is 17.5. The summed E-state index contributed by atoms with van der Waals surface area (Å²) in [7, 11) is 0. The molecule has 0 aliphatic carbocycles. The van der Waals surface area contributed by atoms with E-state index in [2.05, 4.69) is 5.32 Å². The molecule has 1 heterocycles. The third-order valence-corrected chi connectivity index (χ3v) is 4.27. The minimum absolute atomic E-state index is 0.327. The van der Waals surface area contributed by atoms with Crippen molar-refractivity contribution in [1.82, 2.24) is 4.90 Å². The summed E-state index contributed by atoms with van der Waals surface area (Å²) in [6.07, 6.45) is 0.594. The average molecular weight is 406 g/mol. The van der Waals surface area contributed by atoms with E-state index in [4.69, 9.17) is 14.2 Å². The normalized spacial score (nSPS) is 14.8. The number of piperidine rings is 1. The van der Waals surface area contributed by atoms with Crippen molar-refractivity contribution in [3.05, 3.63) is 24.3 Å². The Balaban J connectivity index is 1.71. The highest BCUT2D eigenvalue weighted by atomic mass is 16.6. The van der Waals surface area contributed by atoms with Gasteiger partial charge in [0, 0.05) is 18.8 Å². The molecule has 0 radical (unpaired) electrons. The molecule has 0 spiro atoms. The number of hydrogen-bond acceptors (Lipinski definition) is 6. The lowest BCUT2D eigenvalue weighted by Gasteiger charge is -2.32. The Hall–Kier alpha value is -2.77. The van der Waals surface area contributed by atoms with Gasteiger partial charge in [-0.3, -0.25) is 9.59 Å². The third kappa shape index (κ3) is 7.63. The number of rotatable bonds is 6. The van der Waals surface area contributed by atoms with E-state index in [0.717, 1.165) is 5.75 Å². The molecule has 2 amide bonds. The predicted molar refractivity (Wildman–Crippen MR) is 108 cm³/mol. The molecule has 8 heteroatoms. The number of esters is 1. The topological polar surface area (TPSA) is 94.2 Å². The fourth-order valence-electron chi connectivity index (χ4n) is 2.88. The Labute approximate surface area is 171 Å². The van der Waals surface area contributed by atoms with Crippen LogP contribution in [0.1, 0.15) is 40.5 Å². The summed E-state index contributed by atoms with van der Waals surface area (Å²) in [6, 6.07) is 6.95. The quantitative estimate of drug-likeness (QED) is 0.729. The molecule has 29 heavy (non-hydrogen) atoms. The van der Waals surface area contributed by atoms with Gasteiger partial charge in [-0.15, -0.1) is 0 Å². The standard InChI is InChI=1S/C21H30N2O6/c1-5-27-17-8-6-16(7-9-17)22-18(24)14-28-19(25)15-10-12-23(13-11-15)20(26)29-21(2,3)4/h6-9,15H,5,10-14H2,1-4H3,(H,22,24). The van der Waals surface area contributed by atoms with Crippen LogP contribution in [0, 0.1) is 5.92 Å². The van der Waals surface area contributed by atoms with Crippen LogP contribution < -0.4 is 10.1 Å². The maximum atomic E-state index is 12.2. The van der Waals surface area contributed by atoms with Crippen LogP contribution in [0.15, 0.2) is 24.3 Å². The number of likely N-dealkylation sites (tertiary alicyclic amines) is 1. The average Bonchev–Trinajstić information content (AvgIpc) is 2.66. The molecular formula is C21H30N2O6. The second kappa shape index (κ2) is 10.1. The van der Waals surface area contributed by atoms with Gasteiger partial charge in [0.15, 0.2) is 6.61 Å². The first-order valence-electron chi connectivity index (χ1n) is 9.85. The molecule has 1 aromatic carbocycles. The number of ether oxygens (including phenoxy) is 3. The van der Waals surface area contributed by atoms with Gasteiger partial charge in [0.05, 0.1) is 12.5 Å². The molecule has 0 atom stereocenters. The van der Waals surface area contributed by atoms with E-state index in [-0.39, 0.29) is 18.6 Å². The number of nitrogens with one attached hydrogen (secondary N) is 1. The summed E-state index contributed by atoms with van der Waals surface area (Å²) < 4.78 is 15.8. The monoisotopic (exact) mass is 406 g/mol. The van der Waals surface area contributed by atoms with Crippen molar-refractivity contribution in [2.24, 2.45) is 5.92 Å². The molecular weight excluding hydrogens is 376 g/mol. The molecule has 0 saturated carbocycles. The fourth-order valence-corrected chi connectivity index (χ4v) is 2.88. The highest BCUT2D eigenvalue weighted by molar-refractivity contribution is 5.93. The molecule has 1 fully saturated rings. The van der Waals surface area contributed by atoms with Crippen molar-refractivity contribution < 1.29 is 28.6 Å². The number of carbonyl (C=O) groups excluding carboxylic acids is 3. The minimum Gasteiger partial charge on any atom is -0.494 e. The Morgan fingerprint density at radius 2 is 1.72 bits per heavy atom. The molecule has 160 valence electrons. The van der Waals surface area contributed by atoms with Crippen LogP contribution in [0.4, 0.5) is 10.5 Å². The zero-order chi connectivity index (χ0) is 21.4. The number of nitrogens with zero attached hydrogens (tertiary/aromatic N) is 1. The van der Waals surface area contributed by atoms with Crippen molar-refractivity contribution in [3.63, 3.8) is 0 Å². The molecule has 0 aromatic heterocycles. The lowest BCUT2D eigenvalue weighted by atomic mass is 9.97. The van der Waals surface area contributed by atoms with E-state index in [9.17, 15) is 14.4 Å². The smallest absolute Gasteiger partial charge is 0.410 e. The van der Waals surface area contributed by atoms with Gasteiger partial charge in [0.1, 0.15) is 11.4 Å². The molecule has 1 N–H and O–H groups in total. The number of anilines is 1. The predicted octanol–water partition coefficient (Wildman–Crippen LogP) is 3.21.